The molecule has 0 fully saturated rings. The van der Waals surface area contributed by atoms with Crippen molar-refractivity contribution < 1.29 is 17.0 Å². The summed E-state index contributed by atoms with van der Waals surface area (Å²) in [6.07, 6.45) is 44.7. The summed E-state index contributed by atoms with van der Waals surface area (Å²) < 4.78 is 0. The predicted molar refractivity (Wildman–Crippen MR) is 178 cm³/mol. The third-order valence-corrected chi connectivity index (χ3v) is 15.0. The molecule has 0 rings (SSSR count). The largest absolute Gasteiger partial charge is 1.00 e. The van der Waals surface area contributed by atoms with Crippen LogP contribution in [0.4, 0.5) is 0 Å². The van der Waals surface area contributed by atoms with Gasteiger partial charge in [-0.1, -0.05) is 150 Å². The van der Waals surface area contributed by atoms with Crippen LogP contribution in [-0.4, -0.2) is 24.1 Å². The second kappa shape index (κ2) is 32.4. The van der Waals surface area contributed by atoms with E-state index >= 15 is 0 Å². The van der Waals surface area contributed by atoms with Gasteiger partial charge in [0, 0.05) is 7.26 Å². The van der Waals surface area contributed by atoms with Gasteiger partial charge in [0.05, 0.1) is 24.1 Å². The van der Waals surface area contributed by atoms with E-state index in [1.807, 2.05) is 0 Å². The molecule has 0 heterocycles. The Kier molecular flexibility index (Phi) is 35.0. The van der Waals surface area contributed by atoms with Crippen molar-refractivity contribution in [1.29, 1.82) is 0 Å². The zero-order chi connectivity index (χ0) is 27.3. The molecule has 0 bridgehead atoms. The molecule has 2 heteroatoms. The Bertz CT molecular complexity index is 392. The molecule has 0 aromatic rings. The molecule has 0 aromatic carbocycles. The van der Waals surface area contributed by atoms with E-state index in [1.165, 1.54) is 167 Å². The SMILES string of the molecule is CCCCCCCCCCCCCCCCC(C)[P+](CCCCCC)(CCCCCC)CCCCCC.[Br-]. The Morgan fingerprint density at radius 1 is 0.342 bits per heavy atom. The van der Waals surface area contributed by atoms with Crippen molar-refractivity contribution in [1.82, 2.24) is 0 Å². The summed E-state index contributed by atoms with van der Waals surface area (Å²) in [5.41, 5.74) is 1.04. The Morgan fingerprint density at radius 2 is 0.579 bits per heavy atom. The van der Waals surface area contributed by atoms with Gasteiger partial charge in [-0.25, -0.2) is 0 Å². The summed E-state index contributed by atoms with van der Waals surface area (Å²) in [4.78, 5) is 0. The first-order valence-electron chi connectivity index (χ1n) is 18.0. The zero-order valence-electron chi connectivity index (χ0n) is 27.6. The number of halogens is 1. The molecule has 0 saturated carbocycles. The van der Waals surface area contributed by atoms with Gasteiger partial charge in [-0.05, 0) is 58.3 Å². The minimum Gasteiger partial charge on any atom is -1.00 e. The van der Waals surface area contributed by atoms with E-state index in [9.17, 15) is 0 Å². The van der Waals surface area contributed by atoms with Gasteiger partial charge in [-0.3, -0.25) is 0 Å². The fourth-order valence-electron chi connectivity index (χ4n) is 6.47. The number of hydrogen-bond donors (Lipinski definition) is 0. The van der Waals surface area contributed by atoms with Crippen molar-refractivity contribution in [3.63, 3.8) is 0 Å². The standard InChI is InChI=1S/C36H76P.BrH/c1-6-10-14-18-19-20-21-22-23-24-25-26-27-28-32-36(5)37(33-29-15-11-7-2,34-30-16-12-8-3)35-31-17-13-9-4;/h36H,6-35H2,1-5H3;1H/q+1;/p-1. The van der Waals surface area contributed by atoms with Crippen molar-refractivity contribution >= 4 is 7.26 Å². The molecule has 1 atom stereocenters. The lowest BCUT2D eigenvalue weighted by molar-refractivity contribution is -0.00000844. The van der Waals surface area contributed by atoms with Gasteiger partial charge in [0.15, 0.2) is 0 Å². The summed E-state index contributed by atoms with van der Waals surface area (Å²) in [5.74, 6) is 0. The van der Waals surface area contributed by atoms with E-state index in [4.69, 9.17) is 0 Å². The van der Waals surface area contributed by atoms with Crippen LogP contribution in [0.25, 0.3) is 0 Å². The second-order valence-electron chi connectivity index (χ2n) is 12.8. The molecule has 0 N–H and O–H groups in total. The van der Waals surface area contributed by atoms with Gasteiger partial charge >= 0.3 is 0 Å². The van der Waals surface area contributed by atoms with Crippen molar-refractivity contribution in [2.75, 3.05) is 18.5 Å². The van der Waals surface area contributed by atoms with E-state index in [0.717, 1.165) is 5.66 Å². The van der Waals surface area contributed by atoms with Crippen molar-refractivity contribution in [3.8, 4) is 0 Å². The van der Waals surface area contributed by atoms with E-state index in [-0.39, 0.29) is 17.0 Å². The van der Waals surface area contributed by atoms with Gasteiger partial charge < -0.3 is 17.0 Å². The normalized spacial score (nSPS) is 12.6. The maximum atomic E-state index is 2.72. The fraction of sp³-hybridized carbons (Fsp3) is 1.00. The lowest BCUT2D eigenvalue weighted by atomic mass is 10.0. The van der Waals surface area contributed by atoms with Crippen molar-refractivity contribution in [2.24, 2.45) is 0 Å². The molecule has 0 saturated heterocycles. The monoisotopic (exact) mass is 618 g/mol. The minimum absolute atomic E-state index is 0. The van der Waals surface area contributed by atoms with Crippen LogP contribution in [0.15, 0.2) is 0 Å². The fourth-order valence-corrected chi connectivity index (χ4v) is 11.7. The Labute approximate surface area is 255 Å². The van der Waals surface area contributed by atoms with Gasteiger partial charge in [0.1, 0.15) is 0 Å². The zero-order valence-corrected chi connectivity index (χ0v) is 30.1. The van der Waals surface area contributed by atoms with Gasteiger partial charge in [0.25, 0.3) is 0 Å². The number of rotatable bonds is 31. The van der Waals surface area contributed by atoms with Crippen LogP contribution in [0.1, 0.15) is 208 Å². The molecule has 0 amide bonds. The lowest BCUT2D eigenvalue weighted by Gasteiger charge is -2.34. The average Bonchev–Trinajstić information content (AvgIpc) is 2.91. The molecule has 0 radical (unpaired) electrons. The van der Waals surface area contributed by atoms with E-state index in [0.29, 0.717) is 0 Å². The molecule has 0 nitrogen and oxygen atoms in total. The van der Waals surface area contributed by atoms with Gasteiger partial charge in [-0.2, -0.15) is 0 Å². The quantitative estimate of drug-likeness (QED) is 0.0535. The molecule has 0 aromatic heterocycles. The molecule has 0 aliphatic heterocycles. The van der Waals surface area contributed by atoms with Gasteiger partial charge in [-0.15, -0.1) is 0 Å². The summed E-state index contributed by atoms with van der Waals surface area (Å²) in [7, 11) is -0.794. The van der Waals surface area contributed by atoms with Crippen LogP contribution in [0.5, 0.6) is 0 Å². The van der Waals surface area contributed by atoms with E-state index in [1.54, 1.807) is 24.9 Å². The molecule has 38 heavy (non-hydrogen) atoms. The van der Waals surface area contributed by atoms with Crippen LogP contribution in [0, 0.1) is 0 Å². The molecule has 0 aliphatic rings. The summed E-state index contributed by atoms with van der Waals surface area (Å²) in [5, 5.41) is 0. The highest BCUT2D eigenvalue weighted by Crippen LogP contribution is 2.66. The Hall–Kier alpha value is 0.910. The van der Waals surface area contributed by atoms with Crippen LogP contribution >= 0.6 is 7.26 Å². The molecular formula is C36H76BrP. The minimum atomic E-state index is -0.794. The highest BCUT2D eigenvalue weighted by Gasteiger charge is 2.41. The maximum absolute atomic E-state index is 2.72. The summed E-state index contributed by atoms with van der Waals surface area (Å²) in [6.45, 7) is 12.1. The predicted octanol–water partition coefficient (Wildman–Crippen LogP) is 11.0. The smallest absolute Gasteiger partial charge is 0.0669 e. The highest BCUT2D eigenvalue weighted by molar-refractivity contribution is 7.76. The van der Waals surface area contributed by atoms with Crippen LogP contribution in [0.3, 0.4) is 0 Å². The average molecular weight is 620 g/mol. The Balaban J connectivity index is 0. The first kappa shape index (κ1) is 41.0. The van der Waals surface area contributed by atoms with Crippen molar-refractivity contribution in [3.05, 3.63) is 0 Å². The lowest BCUT2D eigenvalue weighted by Crippen LogP contribution is -3.00. The summed E-state index contributed by atoms with van der Waals surface area (Å²) in [6, 6.07) is 0. The topological polar surface area (TPSA) is 0 Å². The third kappa shape index (κ3) is 24.7. The number of hydrogen-bond acceptors (Lipinski definition) is 0. The first-order valence-corrected chi connectivity index (χ1v) is 20.4. The van der Waals surface area contributed by atoms with Crippen molar-refractivity contribution in [2.45, 2.75) is 214 Å². The molecule has 0 spiro atoms. The third-order valence-electron chi connectivity index (χ3n) is 9.28. The molecule has 1 unspecified atom stereocenters. The van der Waals surface area contributed by atoms with Crippen LogP contribution in [-0.2, 0) is 0 Å². The maximum Gasteiger partial charge on any atom is 0.0669 e. The van der Waals surface area contributed by atoms with Crippen LogP contribution in [0.2, 0.25) is 0 Å². The summed E-state index contributed by atoms with van der Waals surface area (Å²) >= 11 is 0. The highest BCUT2D eigenvalue weighted by atomic mass is 79.9. The molecule has 0 aliphatic carbocycles. The van der Waals surface area contributed by atoms with E-state index in [2.05, 4.69) is 34.6 Å². The van der Waals surface area contributed by atoms with E-state index < -0.39 is 7.26 Å². The number of unbranched alkanes of at least 4 members (excludes halogenated alkanes) is 22. The molecule has 232 valence electrons. The Morgan fingerprint density at radius 3 is 0.868 bits per heavy atom. The second-order valence-corrected chi connectivity index (χ2v) is 17.5. The molecular weight excluding hydrogens is 543 g/mol. The van der Waals surface area contributed by atoms with Gasteiger partial charge in [0.2, 0.25) is 0 Å². The van der Waals surface area contributed by atoms with Crippen LogP contribution < -0.4 is 17.0 Å². The first-order chi connectivity index (χ1) is 18.2.